The van der Waals surface area contributed by atoms with E-state index in [2.05, 4.69) is 4.98 Å². The van der Waals surface area contributed by atoms with Crippen molar-refractivity contribution in [3.05, 3.63) is 142 Å². The third kappa shape index (κ3) is 5.16. The van der Waals surface area contributed by atoms with Crippen molar-refractivity contribution in [2.75, 3.05) is 12.0 Å². The summed E-state index contributed by atoms with van der Waals surface area (Å²) in [6, 6.07) is 29.8. The van der Waals surface area contributed by atoms with Crippen molar-refractivity contribution in [3.8, 4) is 5.75 Å². The van der Waals surface area contributed by atoms with Crippen molar-refractivity contribution in [1.82, 2.24) is 4.98 Å². The van der Waals surface area contributed by atoms with Gasteiger partial charge in [-0.3, -0.25) is 14.4 Å². The zero-order valence-electron chi connectivity index (χ0n) is 21.5. The van der Waals surface area contributed by atoms with Crippen molar-refractivity contribution in [1.29, 1.82) is 0 Å². The van der Waals surface area contributed by atoms with Gasteiger partial charge in [-0.05, 0) is 48.0 Å². The lowest BCUT2D eigenvalue weighted by Crippen LogP contribution is -2.40. The molecular weight excluding hydrogens is 508 g/mol. The lowest BCUT2D eigenvalue weighted by atomic mass is 10.0. The Hall–Kier alpha value is -5.34. The Labute approximate surface area is 229 Å². The van der Waals surface area contributed by atoms with Crippen LogP contribution in [0.15, 0.2) is 114 Å². The van der Waals surface area contributed by atoms with E-state index in [0.29, 0.717) is 16.5 Å². The molecule has 0 aliphatic rings. The van der Waals surface area contributed by atoms with Gasteiger partial charge in [-0.2, -0.15) is 0 Å². The molecule has 0 saturated heterocycles. The summed E-state index contributed by atoms with van der Waals surface area (Å²) in [7, 11) is 1.50. The summed E-state index contributed by atoms with van der Waals surface area (Å²) in [5, 5.41) is 0.316. The third-order valence-electron chi connectivity index (χ3n) is 6.24. The Kier molecular flexibility index (Phi) is 7.61. The molecule has 0 saturated carbocycles. The fourth-order valence-corrected chi connectivity index (χ4v) is 4.41. The van der Waals surface area contributed by atoms with Gasteiger partial charge in [0.2, 0.25) is 0 Å². The highest BCUT2D eigenvalue weighted by Crippen LogP contribution is 2.33. The number of benzene rings is 4. The van der Waals surface area contributed by atoms with Gasteiger partial charge < -0.3 is 14.5 Å². The van der Waals surface area contributed by atoms with Crippen molar-refractivity contribution in [3.63, 3.8) is 0 Å². The Balaban J connectivity index is 1.75. The van der Waals surface area contributed by atoms with Crippen molar-refractivity contribution >= 4 is 34.4 Å². The number of aromatic nitrogens is 1. The van der Waals surface area contributed by atoms with Crippen LogP contribution in [0.5, 0.6) is 5.75 Å². The van der Waals surface area contributed by atoms with Crippen LogP contribution >= 0.6 is 0 Å². The third-order valence-corrected chi connectivity index (χ3v) is 6.24. The molecule has 0 atom stereocenters. The predicted molar refractivity (Wildman–Crippen MR) is 151 cm³/mol. The number of hydrogen-bond acceptors (Lipinski definition) is 6. The second kappa shape index (κ2) is 11.6. The zero-order valence-corrected chi connectivity index (χ0v) is 21.5. The normalized spacial score (nSPS) is 10.7. The Bertz CT molecular complexity index is 1750. The smallest absolute Gasteiger partial charge is 0.343 e. The van der Waals surface area contributed by atoms with E-state index in [9.17, 15) is 19.2 Å². The molecule has 5 aromatic rings. The first kappa shape index (κ1) is 26.3. The van der Waals surface area contributed by atoms with E-state index in [1.54, 1.807) is 109 Å². The number of hydrogen-bond donors (Lipinski definition) is 1. The molecular formula is C32H24N2O6. The molecule has 0 bridgehead atoms. The molecule has 0 aliphatic carbocycles. The van der Waals surface area contributed by atoms with Gasteiger partial charge in [0.15, 0.2) is 5.75 Å². The molecule has 0 fully saturated rings. The molecule has 0 spiro atoms. The molecule has 8 nitrogen and oxygen atoms in total. The molecule has 1 heterocycles. The summed E-state index contributed by atoms with van der Waals surface area (Å²) in [4.78, 5) is 58.4. The topological polar surface area (TPSA) is 106 Å². The van der Waals surface area contributed by atoms with Crippen molar-refractivity contribution in [2.24, 2.45) is 0 Å². The molecule has 0 radical (unpaired) electrons. The van der Waals surface area contributed by atoms with E-state index in [1.165, 1.54) is 7.11 Å². The van der Waals surface area contributed by atoms with E-state index in [-0.39, 0.29) is 29.2 Å². The van der Waals surface area contributed by atoms with Crippen molar-refractivity contribution in [2.45, 2.75) is 6.61 Å². The summed E-state index contributed by atoms with van der Waals surface area (Å²) in [6.07, 6.45) is 0. The maximum atomic E-state index is 14.3. The number of pyridine rings is 1. The lowest BCUT2D eigenvalue weighted by Gasteiger charge is -2.23. The fraction of sp³-hybridized carbons (Fsp3) is 0.0625. The number of ether oxygens (including phenoxy) is 2. The Morgan fingerprint density at radius 1 is 0.725 bits per heavy atom. The van der Waals surface area contributed by atoms with Gasteiger partial charge in [-0.1, -0.05) is 66.7 Å². The number of imide groups is 1. The SMILES string of the molecule is COCc1cccc2[nH]c(=O)c(C(=O)N(C(=O)c3ccccc3)c3ccccc3)c(OC(=O)c3ccccc3)c12. The number of nitrogens with one attached hydrogen (secondary N) is 1. The molecule has 198 valence electrons. The number of carbonyl (C=O) groups excluding carboxylic acids is 3. The summed E-state index contributed by atoms with van der Waals surface area (Å²) >= 11 is 0. The van der Waals surface area contributed by atoms with Gasteiger partial charge in [0.25, 0.3) is 17.4 Å². The molecule has 0 aliphatic heterocycles. The molecule has 5 rings (SSSR count). The summed E-state index contributed by atoms with van der Waals surface area (Å²) < 4.78 is 11.2. The molecule has 1 N–H and O–H groups in total. The van der Waals surface area contributed by atoms with Crippen LogP contribution in [0.2, 0.25) is 0 Å². The predicted octanol–water partition coefficient (Wildman–Crippen LogP) is 5.38. The standard InChI is InChI=1S/C32H24N2O6/c1-39-20-23-16-11-19-25-26(23)28(40-32(38)22-14-7-3-8-15-22)27(29(35)33-25)31(37)34(24-17-9-4-10-18-24)30(36)21-12-5-2-6-13-21/h2-19H,20H2,1H3,(H,33,35). The first-order valence-electron chi connectivity index (χ1n) is 12.4. The number of methoxy groups -OCH3 is 1. The highest BCUT2D eigenvalue weighted by Gasteiger charge is 2.33. The molecule has 0 unspecified atom stereocenters. The van der Waals surface area contributed by atoms with Gasteiger partial charge in [0, 0.05) is 18.1 Å². The molecule has 4 aromatic carbocycles. The van der Waals surface area contributed by atoms with E-state index >= 15 is 0 Å². The van der Waals surface area contributed by atoms with E-state index in [4.69, 9.17) is 9.47 Å². The first-order valence-corrected chi connectivity index (χ1v) is 12.4. The van der Waals surface area contributed by atoms with Crippen LogP contribution in [0.1, 0.15) is 36.6 Å². The average molecular weight is 533 g/mol. The second-order valence-corrected chi connectivity index (χ2v) is 8.83. The quantitative estimate of drug-likeness (QED) is 0.223. The van der Waals surface area contributed by atoms with Gasteiger partial charge in [-0.15, -0.1) is 0 Å². The highest BCUT2D eigenvalue weighted by molar-refractivity contribution is 6.27. The summed E-state index contributed by atoms with van der Waals surface area (Å²) in [5.41, 5.74) is 0.303. The maximum absolute atomic E-state index is 14.3. The van der Waals surface area contributed by atoms with Crippen molar-refractivity contribution < 1.29 is 23.9 Å². The van der Waals surface area contributed by atoms with Gasteiger partial charge in [0.1, 0.15) is 5.56 Å². The number of rotatable bonds is 7. The minimum Gasteiger partial charge on any atom is -0.421 e. The number of para-hydroxylation sites is 1. The number of esters is 1. The highest BCUT2D eigenvalue weighted by atomic mass is 16.5. The lowest BCUT2D eigenvalue weighted by molar-refractivity contribution is 0.0734. The number of carbonyl (C=O) groups is 3. The van der Waals surface area contributed by atoms with E-state index < -0.39 is 28.9 Å². The first-order chi connectivity index (χ1) is 19.5. The summed E-state index contributed by atoms with van der Waals surface area (Å²) in [5.74, 6) is -2.63. The minimum atomic E-state index is -0.953. The van der Waals surface area contributed by atoms with Gasteiger partial charge in [-0.25, -0.2) is 9.69 Å². The number of amides is 2. The monoisotopic (exact) mass is 532 g/mol. The van der Waals surface area contributed by atoms with E-state index in [1.807, 2.05) is 0 Å². The van der Waals surface area contributed by atoms with Gasteiger partial charge in [0.05, 0.1) is 23.4 Å². The van der Waals surface area contributed by atoms with Gasteiger partial charge >= 0.3 is 5.97 Å². The van der Waals surface area contributed by atoms with E-state index in [0.717, 1.165) is 4.90 Å². The largest absolute Gasteiger partial charge is 0.421 e. The number of nitrogens with zero attached hydrogens (tertiary/aromatic N) is 1. The molecule has 1 aromatic heterocycles. The molecule has 2 amide bonds. The maximum Gasteiger partial charge on any atom is 0.343 e. The average Bonchev–Trinajstić information content (AvgIpc) is 2.98. The number of anilines is 1. The summed E-state index contributed by atoms with van der Waals surface area (Å²) in [6.45, 7) is 0.109. The number of fused-ring (bicyclic) bond motifs is 1. The fourth-order valence-electron chi connectivity index (χ4n) is 4.41. The van der Waals surface area contributed by atoms with Crippen LogP contribution < -0.4 is 15.2 Å². The minimum absolute atomic E-state index is 0.109. The second-order valence-electron chi connectivity index (χ2n) is 8.83. The van der Waals surface area contributed by atoms with Crippen LogP contribution in [0, 0.1) is 0 Å². The van der Waals surface area contributed by atoms with Crippen LogP contribution in [-0.2, 0) is 11.3 Å². The molecule has 40 heavy (non-hydrogen) atoms. The van der Waals surface area contributed by atoms with Crippen LogP contribution in [-0.4, -0.2) is 29.9 Å². The number of H-pyrrole nitrogens is 1. The van der Waals surface area contributed by atoms with Crippen LogP contribution in [0.4, 0.5) is 5.69 Å². The van der Waals surface area contributed by atoms with Crippen LogP contribution in [0.25, 0.3) is 10.9 Å². The Morgan fingerprint density at radius 3 is 1.95 bits per heavy atom. The number of aromatic amines is 1. The Morgan fingerprint density at radius 2 is 1.32 bits per heavy atom. The zero-order chi connectivity index (χ0) is 28.1. The molecule has 8 heteroatoms. The van der Waals surface area contributed by atoms with Crippen LogP contribution in [0.3, 0.4) is 0 Å².